The topological polar surface area (TPSA) is 172 Å². The first kappa shape index (κ1) is 36.3. The summed E-state index contributed by atoms with van der Waals surface area (Å²) in [5, 5.41) is 28.0. The number of carbonyl (C=O) groups is 4. The number of hydrogen-bond acceptors (Lipinski definition) is 10. The second-order valence-electron chi connectivity index (χ2n) is 13.7. The SMILES string of the molecule is CC(C#N)(CCC(=O)N1CCN(C(=O)OC(C)(C)C)CC1)N=NC(C)(C#N)CCC(=O)N1CCN(C(=O)OC(C)(C)C)CC1. The van der Waals surface area contributed by atoms with Gasteiger partial charge in [0, 0.05) is 65.2 Å². The van der Waals surface area contributed by atoms with E-state index in [1.807, 2.05) is 0 Å². The van der Waals surface area contributed by atoms with Crippen LogP contribution in [0, 0.1) is 22.7 Å². The molecular formula is C30H48N8O6. The molecule has 44 heavy (non-hydrogen) atoms. The van der Waals surface area contributed by atoms with Crippen LogP contribution in [0.4, 0.5) is 9.59 Å². The molecule has 2 unspecified atom stereocenters. The van der Waals surface area contributed by atoms with Crippen LogP contribution in [0.2, 0.25) is 0 Å². The summed E-state index contributed by atoms with van der Waals surface area (Å²) in [6.07, 6.45) is -0.532. The number of piperazine rings is 2. The van der Waals surface area contributed by atoms with Crippen LogP contribution in [0.15, 0.2) is 10.2 Å². The van der Waals surface area contributed by atoms with Gasteiger partial charge in [-0.1, -0.05) is 0 Å². The minimum absolute atomic E-state index is 0.0482. The van der Waals surface area contributed by atoms with Crippen LogP contribution in [0.25, 0.3) is 0 Å². The first-order valence-electron chi connectivity index (χ1n) is 15.1. The van der Waals surface area contributed by atoms with Gasteiger partial charge in [0.2, 0.25) is 11.8 Å². The molecule has 0 saturated carbocycles. The van der Waals surface area contributed by atoms with E-state index in [2.05, 4.69) is 22.4 Å². The van der Waals surface area contributed by atoms with Crippen molar-refractivity contribution in [3.05, 3.63) is 0 Å². The van der Waals surface area contributed by atoms with Crippen LogP contribution in [0.1, 0.15) is 81.1 Å². The lowest BCUT2D eigenvalue weighted by Crippen LogP contribution is -2.51. The number of rotatable bonds is 8. The van der Waals surface area contributed by atoms with E-state index in [0.29, 0.717) is 52.4 Å². The number of carbonyl (C=O) groups excluding carboxylic acids is 4. The maximum atomic E-state index is 12.9. The van der Waals surface area contributed by atoms with Gasteiger partial charge in [-0.15, -0.1) is 0 Å². The van der Waals surface area contributed by atoms with E-state index in [-0.39, 0.29) is 37.5 Å². The van der Waals surface area contributed by atoms with Crippen molar-refractivity contribution in [1.29, 1.82) is 10.5 Å². The molecule has 14 heteroatoms. The largest absolute Gasteiger partial charge is 0.444 e. The molecule has 2 aliphatic rings. The Morgan fingerprint density at radius 1 is 0.568 bits per heavy atom. The number of azo groups is 1. The fourth-order valence-electron chi connectivity index (χ4n) is 4.42. The molecule has 2 rings (SSSR count). The van der Waals surface area contributed by atoms with Crippen LogP contribution in [0.5, 0.6) is 0 Å². The van der Waals surface area contributed by atoms with E-state index < -0.39 is 34.5 Å². The summed E-state index contributed by atoms with van der Waals surface area (Å²) in [7, 11) is 0. The Morgan fingerprint density at radius 2 is 0.841 bits per heavy atom. The monoisotopic (exact) mass is 616 g/mol. The molecule has 0 bridgehead atoms. The van der Waals surface area contributed by atoms with Gasteiger partial charge in [-0.3, -0.25) is 9.59 Å². The number of nitrogens with zero attached hydrogens (tertiary/aromatic N) is 8. The predicted octanol–water partition coefficient (Wildman–Crippen LogP) is 3.72. The van der Waals surface area contributed by atoms with Gasteiger partial charge >= 0.3 is 12.2 Å². The molecule has 244 valence electrons. The normalized spacial score (nSPS) is 19.0. The predicted molar refractivity (Wildman–Crippen MR) is 160 cm³/mol. The van der Waals surface area contributed by atoms with Crippen molar-refractivity contribution in [2.24, 2.45) is 10.2 Å². The molecule has 0 radical (unpaired) electrons. The van der Waals surface area contributed by atoms with Crippen molar-refractivity contribution in [2.45, 2.75) is 103 Å². The third kappa shape index (κ3) is 11.6. The zero-order valence-electron chi connectivity index (χ0n) is 27.5. The number of nitriles is 2. The van der Waals surface area contributed by atoms with Gasteiger partial charge in [0.15, 0.2) is 11.1 Å². The lowest BCUT2D eigenvalue weighted by Gasteiger charge is -2.36. The van der Waals surface area contributed by atoms with Gasteiger partial charge < -0.3 is 29.1 Å². The highest BCUT2D eigenvalue weighted by Gasteiger charge is 2.33. The molecule has 0 spiro atoms. The third-order valence-electron chi connectivity index (χ3n) is 7.19. The third-order valence-corrected chi connectivity index (χ3v) is 7.19. The van der Waals surface area contributed by atoms with E-state index in [4.69, 9.17) is 9.47 Å². The summed E-state index contributed by atoms with van der Waals surface area (Å²) >= 11 is 0. The van der Waals surface area contributed by atoms with Crippen molar-refractivity contribution in [3.63, 3.8) is 0 Å². The highest BCUT2D eigenvalue weighted by Crippen LogP contribution is 2.25. The van der Waals surface area contributed by atoms with Crippen molar-refractivity contribution < 1.29 is 28.7 Å². The van der Waals surface area contributed by atoms with Crippen molar-refractivity contribution in [2.75, 3.05) is 52.4 Å². The number of hydrogen-bond donors (Lipinski definition) is 0. The van der Waals surface area contributed by atoms with E-state index in [9.17, 15) is 29.7 Å². The Balaban J connectivity index is 1.85. The Bertz CT molecular complexity index is 1070. The van der Waals surface area contributed by atoms with Crippen molar-refractivity contribution >= 4 is 24.0 Å². The van der Waals surface area contributed by atoms with Gasteiger partial charge in [-0.05, 0) is 68.2 Å². The molecule has 2 saturated heterocycles. The van der Waals surface area contributed by atoms with Gasteiger partial charge in [0.25, 0.3) is 0 Å². The Morgan fingerprint density at radius 3 is 1.09 bits per heavy atom. The van der Waals surface area contributed by atoms with Crippen LogP contribution in [-0.4, -0.2) is 118 Å². The first-order chi connectivity index (χ1) is 20.3. The minimum Gasteiger partial charge on any atom is -0.444 e. The summed E-state index contributed by atoms with van der Waals surface area (Å²) in [6, 6.07) is 4.19. The summed E-state index contributed by atoms with van der Waals surface area (Å²) in [4.78, 5) is 56.7. The van der Waals surface area contributed by atoms with Crippen molar-refractivity contribution in [1.82, 2.24) is 19.6 Å². The van der Waals surface area contributed by atoms with E-state index in [1.165, 1.54) is 0 Å². The van der Waals surface area contributed by atoms with Crippen LogP contribution >= 0.6 is 0 Å². The summed E-state index contributed by atoms with van der Waals surface area (Å²) in [5.74, 6) is -0.322. The van der Waals surface area contributed by atoms with Gasteiger partial charge in [-0.2, -0.15) is 20.8 Å². The lowest BCUT2D eigenvalue weighted by molar-refractivity contribution is -0.134. The fraction of sp³-hybridized carbons (Fsp3) is 0.800. The Kier molecular flexibility index (Phi) is 12.1. The Labute approximate surface area is 260 Å². The maximum Gasteiger partial charge on any atom is 0.410 e. The minimum atomic E-state index is -1.34. The number of ether oxygens (including phenoxy) is 2. The molecule has 4 amide bonds. The van der Waals surface area contributed by atoms with Gasteiger partial charge in [0.1, 0.15) is 11.2 Å². The quantitative estimate of drug-likeness (QED) is 0.371. The van der Waals surface area contributed by atoms with E-state index in [0.717, 1.165) is 0 Å². The molecule has 2 heterocycles. The average molecular weight is 617 g/mol. The first-order valence-corrected chi connectivity index (χ1v) is 15.1. The highest BCUT2D eigenvalue weighted by atomic mass is 16.6. The fourth-order valence-corrected chi connectivity index (χ4v) is 4.42. The van der Waals surface area contributed by atoms with E-state index in [1.54, 1.807) is 75.0 Å². The summed E-state index contributed by atoms with van der Waals surface area (Å²) < 4.78 is 10.8. The summed E-state index contributed by atoms with van der Waals surface area (Å²) in [5.41, 5.74) is -3.88. The molecule has 0 aromatic heterocycles. The highest BCUT2D eigenvalue weighted by molar-refractivity contribution is 5.77. The molecule has 0 aromatic rings. The maximum absolute atomic E-state index is 12.9. The van der Waals surface area contributed by atoms with Crippen molar-refractivity contribution in [3.8, 4) is 12.1 Å². The van der Waals surface area contributed by atoms with E-state index >= 15 is 0 Å². The molecule has 2 atom stereocenters. The molecule has 0 N–H and O–H groups in total. The average Bonchev–Trinajstić information content (AvgIpc) is 2.96. The molecule has 0 aliphatic carbocycles. The van der Waals surface area contributed by atoms with Gasteiger partial charge in [0.05, 0.1) is 12.1 Å². The van der Waals surface area contributed by atoms with Crippen LogP contribution in [-0.2, 0) is 19.1 Å². The zero-order chi connectivity index (χ0) is 33.3. The molecule has 0 aromatic carbocycles. The molecular weight excluding hydrogens is 568 g/mol. The number of amides is 4. The molecule has 2 aliphatic heterocycles. The lowest BCUT2D eigenvalue weighted by atomic mass is 9.97. The summed E-state index contributed by atoms with van der Waals surface area (Å²) in [6.45, 7) is 16.8. The second kappa shape index (κ2) is 14.7. The van der Waals surface area contributed by atoms with Crippen LogP contribution in [0.3, 0.4) is 0 Å². The molecule has 2 fully saturated rings. The second-order valence-corrected chi connectivity index (χ2v) is 13.7. The standard InChI is InChI=1S/C30H48N8O6/c1-27(2,3)43-25(41)37-17-13-35(14-18-37)23(39)9-11-29(7,21-31)33-34-30(8,22-32)12-10-24(40)36-15-19-38(20-16-36)26(42)44-28(4,5)6/h9-20H2,1-8H3. The Hall–Kier alpha value is -3.94. The smallest absolute Gasteiger partial charge is 0.410 e. The van der Waals surface area contributed by atoms with Gasteiger partial charge in [-0.25, -0.2) is 9.59 Å². The zero-order valence-corrected chi connectivity index (χ0v) is 27.5. The van der Waals surface area contributed by atoms with Crippen LogP contribution < -0.4 is 0 Å². The molecule has 14 nitrogen and oxygen atoms in total.